The zero-order valence-electron chi connectivity index (χ0n) is 30.3. The standard InChI is InChI=1S/C38H51N11O2/c1-26-10-7-8-19-48(26)37-45-44-35-16-13-28(25-49(35)37)51-32-15-14-31(29-11-5-6-12-30(29)32)42-36(50)43-34(22-33(39)38(2,3)4)41-27-23-40-47(24-27)21-20-46-17-9-18-46/h5-6,11-13,16,22-26,31-32H,7-10,14-15,17-21,39H2,1-4H3,(H2,41,42,43,50)/t26-,31-,32+/m0/s1. The number of piperidine rings is 1. The molecule has 13 heteroatoms. The molecule has 2 amide bonds. The van der Waals surface area contributed by atoms with Gasteiger partial charge in [-0.1, -0.05) is 45.0 Å². The molecular weight excluding hydrogens is 642 g/mol. The number of aromatic nitrogens is 5. The largest absolute Gasteiger partial charge is 0.484 e. The number of hydrogen-bond donors (Lipinski definition) is 3. The fourth-order valence-electron chi connectivity index (χ4n) is 7.00. The molecule has 0 saturated carbocycles. The summed E-state index contributed by atoms with van der Waals surface area (Å²) in [6.07, 6.45) is 13.4. The molecule has 2 saturated heterocycles. The lowest BCUT2D eigenvalue weighted by Gasteiger charge is -2.33. The Morgan fingerprint density at radius 1 is 1.00 bits per heavy atom. The summed E-state index contributed by atoms with van der Waals surface area (Å²) in [6.45, 7) is 13.3. The van der Waals surface area contributed by atoms with E-state index in [-0.39, 0.29) is 23.6 Å². The number of anilines is 1. The van der Waals surface area contributed by atoms with Gasteiger partial charge in [-0.3, -0.25) is 14.4 Å². The fourth-order valence-corrected chi connectivity index (χ4v) is 7.00. The minimum absolute atomic E-state index is 0.169. The number of aliphatic imine (C=N–C) groups is 1. The van der Waals surface area contributed by atoms with Crippen LogP contribution in [0.3, 0.4) is 0 Å². The van der Waals surface area contributed by atoms with Gasteiger partial charge in [-0.15, -0.1) is 10.2 Å². The molecule has 0 spiro atoms. The van der Waals surface area contributed by atoms with Crippen molar-refractivity contribution >= 4 is 29.1 Å². The molecule has 5 heterocycles. The van der Waals surface area contributed by atoms with Gasteiger partial charge in [-0.25, -0.2) is 9.79 Å². The third-order valence-corrected chi connectivity index (χ3v) is 10.3. The van der Waals surface area contributed by atoms with Crippen LogP contribution in [0.15, 0.2) is 71.8 Å². The predicted molar refractivity (Wildman–Crippen MR) is 199 cm³/mol. The van der Waals surface area contributed by atoms with Crippen LogP contribution < -0.4 is 26.0 Å². The lowest BCUT2D eigenvalue weighted by atomic mass is 9.85. The van der Waals surface area contributed by atoms with E-state index in [1.54, 1.807) is 12.3 Å². The molecule has 7 rings (SSSR count). The molecule has 3 aromatic heterocycles. The van der Waals surface area contributed by atoms with E-state index < -0.39 is 0 Å². The molecule has 4 aromatic rings. The van der Waals surface area contributed by atoms with Gasteiger partial charge in [0.1, 0.15) is 23.4 Å². The van der Waals surface area contributed by atoms with E-state index in [0.717, 1.165) is 80.5 Å². The topological polar surface area (TPSA) is 143 Å². The molecule has 3 atom stereocenters. The Bertz CT molecular complexity index is 1900. The molecule has 1 aromatic carbocycles. The monoisotopic (exact) mass is 693 g/mol. The van der Waals surface area contributed by atoms with Gasteiger partial charge < -0.3 is 25.6 Å². The van der Waals surface area contributed by atoms with Crippen LogP contribution in [0.25, 0.3) is 5.65 Å². The van der Waals surface area contributed by atoms with Crippen molar-refractivity contribution in [1.29, 1.82) is 0 Å². The lowest BCUT2D eigenvalue weighted by Crippen LogP contribution is -2.42. The smallest absolute Gasteiger partial charge is 0.320 e. The fraction of sp³-hybridized carbons (Fsp3) is 0.500. The number of pyridine rings is 1. The van der Waals surface area contributed by atoms with Crippen LogP contribution in [-0.4, -0.2) is 73.4 Å². The zero-order valence-corrected chi connectivity index (χ0v) is 30.3. The Kier molecular flexibility index (Phi) is 9.99. The van der Waals surface area contributed by atoms with Crippen LogP contribution in [-0.2, 0) is 6.54 Å². The number of urea groups is 1. The van der Waals surface area contributed by atoms with E-state index in [2.05, 4.69) is 54.8 Å². The van der Waals surface area contributed by atoms with Crippen molar-refractivity contribution in [3.05, 3.63) is 77.9 Å². The maximum atomic E-state index is 13.6. The summed E-state index contributed by atoms with van der Waals surface area (Å²) < 4.78 is 10.6. The van der Waals surface area contributed by atoms with E-state index in [1.807, 2.05) is 66.5 Å². The van der Waals surface area contributed by atoms with Crippen molar-refractivity contribution in [2.75, 3.05) is 31.1 Å². The number of rotatable bonds is 9. The highest BCUT2D eigenvalue weighted by atomic mass is 16.5. The highest BCUT2D eigenvalue weighted by Gasteiger charge is 2.30. The van der Waals surface area contributed by atoms with Crippen molar-refractivity contribution in [1.82, 2.24) is 39.9 Å². The molecular formula is C38H51N11O2. The van der Waals surface area contributed by atoms with Gasteiger partial charge in [0.25, 0.3) is 0 Å². The Labute approximate surface area is 299 Å². The highest BCUT2D eigenvalue weighted by Crippen LogP contribution is 2.39. The molecule has 2 aliphatic heterocycles. The van der Waals surface area contributed by atoms with Crippen LogP contribution in [0.4, 0.5) is 16.4 Å². The summed E-state index contributed by atoms with van der Waals surface area (Å²) in [6, 6.07) is 12.0. The number of nitrogens with one attached hydrogen (secondary N) is 2. The summed E-state index contributed by atoms with van der Waals surface area (Å²) in [5, 5.41) is 19.6. The summed E-state index contributed by atoms with van der Waals surface area (Å²) in [5.41, 5.74) is 10.3. The number of amidine groups is 1. The normalized spacial score (nSPS) is 21.6. The average Bonchev–Trinajstić information content (AvgIpc) is 3.71. The number of carbonyl (C=O) groups excluding carboxylic acids is 1. The van der Waals surface area contributed by atoms with Crippen molar-refractivity contribution in [3.8, 4) is 5.75 Å². The predicted octanol–water partition coefficient (Wildman–Crippen LogP) is 5.88. The van der Waals surface area contributed by atoms with E-state index in [4.69, 9.17) is 15.5 Å². The number of benzene rings is 1. The number of ether oxygens (including phenoxy) is 1. The Balaban J connectivity index is 1.05. The maximum absolute atomic E-state index is 13.6. The summed E-state index contributed by atoms with van der Waals surface area (Å²) in [4.78, 5) is 23.1. The number of nitrogens with zero attached hydrogens (tertiary/aromatic N) is 8. The number of fused-ring (bicyclic) bond motifs is 2. The first-order chi connectivity index (χ1) is 24.6. The maximum Gasteiger partial charge on any atom is 0.320 e. The lowest BCUT2D eigenvalue weighted by molar-refractivity contribution is 0.171. The van der Waals surface area contributed by atoms with Crippen LogP contribution in [0.1, 0.15) is 89.5 Å². The Morgan fingerprint density at radius 2 is 1.82 bits per heavy atom. The molecule has 51 heavy (non-hydrogen) atoms. The van der Waals surface area contributed by atoms with Gasteiger partial charge in [0.2, 0.25) is 5.95 Å². The number of carbonyl (C=O) groups is 1. The molecule has 1 aliphatic carbocycles. The summed E-state index contributed by atoms with van der Waals surface area (Å²) >= 11 is 0. The van der Waals surface area contributed by atoms with Gasteiger partial charge in [-0.05, 0) is 81.8 Å². The van der Waals surface area contributed by atoms with Crippen LogP contribution >= 0.6 is 0 Å². The van der Waals surface area contributed by atoms with Gasteiger partial charge >= 0.3 is 6.03 Å². The van der Waals surface area contributed by atoms with E-state index in [9.17, 15) is 4.79 Å². The number of likely N-dealkylation sites (tertiary alicyclic amines) is 1. The minimum atomic E-state index is -0.353. The van der Waals surface area contributed by atoms with Gasteiger partial charge in [0, 0.05) is 36.3 Å². The van der Waals surface area contributed by atoms with Crippen molar-refractivity contribution < 1.29 is 9.53 Å². The first-order valence-corrected chi connectivity index (χ1v) is 18.4. The van der Waals surface area contributed by atoms with Crippen molar-refractivity contribution in [2.45, 2.75) is 91.0 Å². The first kappa shape index (κ1) is 34.5. The van der Waals surface area contributed by atoms with Crippen LogP contribution in [0.5, 0.6) is 5.75 Å². The zero-order chi connectivity index (χ0) is 35.5. The molecule has 2 fully saturated rings. The number of hydrogen-bond acceptors (Lipinski definition) is 9. The molecule has 0 unspecified atom stereocenters. The Hall–Kier alpha value is -4.91. The average molecular weight is 694 g/mol. The third-order valence-electron chi connectivity index (χ3n) is 10.3. The second kappa shape index (κ2) is 14.7. The van der Waals surface area contributed by atoms with E-state index in [0.29, 0.717) is 29.7 Å². The van der Waals surface area contributed by atoms with E-state index >= 15 is 0 Å². The molecule has 13 nitrogen and oxygen atoms in total. The third kappa shape index (κ3) is 8.03. The highest BCUT2D eigenvalue weighted by molar-refractivity contribution is 6.05. The van der Waals surface area contributed by atoms with Gasteiger partial charge in [0.05, 0.1) is 31.2 Å². The van der Waals surface area contributed by atoms with Gasteiger partial charge in [0.15, 0.2) is 5.65 Å². The number of allylic oxidation sites excluding steroid dienone is 1. The second-order valence-electron chi connectivity index (χ2n) is 15.1. The molecule has 4 N–H and O–H groups in total. The summed E-state index contributed by atoms with van der Waals surface area (Å²) in [7, 11) is 0. The first-order valence-electron chi connectivity index (χ1n) is 18.4. The van der Waals surface area contributed by atoms with Crippen molar-refractivity contribution in [2.24, 2.45) is 16.1 Å². The molecule has 270 valence electrons. The second-order valence-corrected chi connectivity index (χ2v) is 15.1. The number of amides is 2. The summed E-state index contributed by atoms with van der Waals surface area (Å²) in [5.74, 6) is 1.97. The molecule has 0 bridgehead atoms. The quantitative estimate of drug-likeness (QED) is 0.146. The van der Waals surface area contributed by atoms with Crippen molar-refractivity contribution in [3.63, 3.8) is 0 Å². The minimum Gasteiger partial charge on any atom is -0.484 e. The van der Waals surface area contributed by atoms with Crippen LogP contribution in [0.2, 0.25) is 0 Å². The number of nitrogens with two attached hydrogens (primary N) is 1. The van der Waals surface area contributed by atoms with Crippen LogP contribution in [0, 0.1) is 5.41 Å². The Morgan fingerprint density at radius 3 is 2.59 bits per heavy atom. The molecule has 0 radical (unpaired) electrons. The SMILES string of the molecule is C[C@H]1CCCCN1c1nnc2ccc(O[C@@H]3CC[C@H](NC(=O)NC(C=C(N)C(C)(C)C)=Nc4cnn(CCN5CCC5)c4)c4ccccc43)cn12. The van der Waals surface area contributed by atoms with Gasteiger partial charge in [-0.2, -0.15) is 5.10 Å². The molecule has 3 aliphatic rings. The van der Waals surface area contributed by atoms with E-state index in [1.165, 1.54) is 12.8 Å².